The molecule has 0 atom stereocenters. The van der Waals surface area contributed by atoms with Crippen LogP contribution in [0.15, 0.2) is 12.0 Å². The minimum atomic E-state index is -0.291. The third-order valence-corrected chi connectivity index (χ3v) is 4.01. The molecule has 2 heterocycles. The summed E-state index contributed by atoms with van der Waals surface area (Å²) in [7, 11) is 0. The molecule has 96 valence electrons. The van der Waals surface area contributed by atoms with Gasteiger partial charge in [0.25, 0.3) is 5.91 Å². The van der Waals surface area contributed by atoms with Crippen LogP contribution in [0.1, 0.15) is 23.4 Å². The predicted octanol–water partition coefficient (Wildman–Crippen LogP) is 1.85. The maximum absolute atomic E-state index is 11.9. The molecular weight excluding hydrogens is 252 g/mol. The first-order valence-corrected chi connectivity index (χ1v) is 6.89. The van der Waals surface area contributed by atoms with E-state index in [4.69, 9.17) is 9.47 Å². The van der Waals surface area contributed by atoms with E-state index in [0.29, 0.717) is 18.3 Å². The standard InChI is InChI=1S/C12H14N2O3S/c15-11(9-7-16-5-6-17-9)14-12-13-8-3-1-2-4-10(8)18-12/h7H,1-6H2,(H,13,14,15). The smallest absolute Gasteiger partial charge is 0.295 e. The maximum atomic E-state index is 11.9. The van der Waals surface area contributed by atoms with Gasteiger partial charge >= 0.3 is 0 Å². The summed E-state index contributed by atoms with van der Waals surface area (Å²) in [6, 6.07) is 0. The molecule has 0 aromatic carbocycles. The van der Waals surface area contributed by atoms with E-state index in [-0.39, 0.29) is 11.7 Å². The van der Waals surface area contributed by atoms with E-state index in [2.05, 4.69) is 10.3 Å². The number of carbonyl (C=O) groups excluding carboxylic acids is 1. The topological polar surface area (TPSA) is 60.5 Å². The second-order valence-corrected chi connectivity index (χ2v) is 5.34. The molecule has 1 aliphatic carbocycles. The van der Waals surface area contributed by atoms with Crippen LogP contribution >= 0.6 is 11.3 Å². The summed E-state index contributed by atoms with van der Waals surface area (Å²) in [5.41, 5.74) is 1.14. The molecule has 0 bridgehead atoms. The molecule has 1 aliphatic heterocycles. The van der Waals surface area contributed by atoms with Crippen molar-refractivity contribution in [3.8, 4) is 0 Å². The highest BCUT2D eigenvalue weighted by Crippen LogP contribution is 2.29. The SMILES string of the molecule is O=C(Nc1nc2c(s1)CCCC2)C1=COCCO1. The molecule has 0 saturated carbocycles. The summed E-state index contributed by atoms with van der Waals surface area (Å²) in [6.45, 7) is 0.899. The Morgan fingerprint density at radius 3 is 3.00 bits per heavy atom. The van der Waals surface area contributed by atoms with Crippen LogP contribution in [0.2, 0.25) is 0 Å². The van der Waals surface area contributed by atoms with Crippen LogP contribution in [-0.4, -0.2) is 24.1 Å². The Morgan fingerprint density at radius 2 is 2.22 bits per heavy atom. The van der Waals surface area contributed by atoms with Gasteiger partial charge in [-0.3, -0.25) is 10.1 Å². The Morgan fingerprint density at radius 1 is 1.33 bits per heavy atom. The van der Waals surface area contributed by atoms with Gasteiger partial charge in [-0.15, -0.1) is 11.3 Å². The minimum absolute atomic E-state index is 0.217. The largest absolute Gasteiger partial charge is 0.494 e. The van der Waals surface area contributed by atoms with Gasteiger partial charge in [0.2, 0.25) is 5.76 Å². The Labute approximate surface area is 109 Å². The molecule has 0 unspecified atom stereocenters. The molecular formula is C12H14N2O3S. The lowest BCUT2D eigenvalue weighted by molar-refractivity contribution is -0.117. The van der Waals surface area contributed by atoms with Gasteiger partial charge in [0.15, 0.2) is 5.13 Å². The Hall–Kier alpha value is -1.56. The number of thiazole rings is 1. The van der Waals surface area contributed by atoms with Crippen molar-refractivity contribution in [2.45, 2.75) is 25.7 Å². The van der Waals surface area contributed by atoms with Crippen molar-refractivity contribution < 1.29 is 14.3 Å². The van der Waals surface area contributed by atoms with Crippen LogP contribution < -0.4 is 5.32 Å². The van der Waals surface area contributed by atoms with Gasteiger partial charge in [-0.25, -0.2) is 4.98 Å². The number of ether oxygens (including phenoxy) is 2. The van der Waals surface area contributed by atoms with Crippen molar-refractivity contribution in [2.75, 3.05) is 18.5 Å². The van der Waals surface area contributed by atoms with Gasteiger partial charge in [0.1, 0.15) is 19.5 Å². The molecule has 18 heavy (non-hydrogen) atoms. The summed E-state index contributed by atoms with van der Waals surface area (Å²) < 4.78 is 10.3. The third-order valence-electron chi connectivity index (χ3n) is 2.94. The molecule has 1 N–H and O–H groups in total. The first-order chi connectivity index (χ1) is 8.83. The average Bonchev–Trinajstić information content (AvgIpc) is 2.82. The van der Waals surface area contributed by atoms with Crippen molar-refractivity contribution in [2.24, 2.45) is 0 Å². The third kappa shape index (κ3) is 2.33. The van der Waals surface area contributed by atoms with Crippen LogP contribution in [0, 0.1) is 0 Å². The van der Waals surface area contributed by atoms with Gasteiger partial charge in [-0.05, 0) is 25.7 Å². The number of nitrogens with one attached hydrogen (secondary N) is 1. The van der Waals surface area contributed by atoms with E-state index in [1.165, 1.54) is 24.0 Å². The lowest BCUT2D eigenvalue weighted by Crippen LogP contribution is -2.21. The Kier molecular flexibility index (Phi) is 3.19. The molecule has 0 spiro atoms. The van der Waals surface area contributed by atoms with Gasteiger partial charge in [-0.1, -0.05) is 0 Å². The van der Waals surface area contributed by atoms with Crippen molar-refractivity contribution in [1.82, 2.24) is 4.98 Å². The number of aryl methyl sites for hydroxylation is 2. The summed E-state index contributed by atoms with van der Waals surface area (Å²) in [5.74, 6) is -0.0739. The zero-order valence-corrected chi connectivity index (χ0v) is 10.7. The fourth-order valence-corrected chi connectivity index (χ4v) is 3.10. The highest BCUT2D eigenvalue weighted by molar-refractivity contribution is 7.15. The van der Waals surface area contributed by atoms with Gasteiger partial charge in [0, 0.05) is 4.88 Å². The lowest BCUT2D eigenvalue weighted by atomic mass is 10.0. The van der Waals surface area contributed by atoms with E-state index in [1.807, 2.05) is 0 Å². The lowest BCUT2D eigenvalue weighted by Gasteiger charge is -2.14. The highest BCUT2D eigenvalue weighted by Gasteiger charge is 2.19. The normalized spacial score (nSPS) is 18.1. The fourth-order valence-electron chi connectivity index (χ4n) is 2.05. The Balaban J connectivity index is 1.70. The number of fused-ring (bicyclic) bond motifs is 1. The van der Waals surface area contributed by atoms with Gasteiger partial charge in [-0.2, -0.15) is 0 Å². The number of hydrogen-bond donors (Lipinski definition) is 1. The first kappa shape index (κ1) is 11.5. The van der Waals surface area contributed by atoms with Crippen molar-refractivity contribution in [1.29, 1.82) is 0 Å². The molecule has 0 saturated heterocycles. The molecule has 1 aromatic heterocycles. The average molecular weight is 266 g/mol. The van der Waals surface area contributed by atoms with E-state index in [0.717, 1.165) is 18.5 Å². The monoisotopic (exact) mass is 266 g/mol. The van der Waals surface area contributed by atoms with Gasteiger partial charge in [0.05, 0.1) is 5.69 Å². The number of amides is 1. The molecule has 6 heteroatoms. The molecule has 1 aromatic rings. The predicted molar refractivity (Wildman–Crippen MR) is 67.4 cm³/mol. The maximum Gasteiger partial charge on any atom is 0.295 e. The van der Waals surface area contributed by atoms with Crippen molar-refractivity contribution in [3.05, 3.63) is 22.6 Å². The fraction of sp³-hybridized carbons (Fsp3) is 0.500. The number of anilines is 1. The first-order valence-electron chi connectivity index (χ1n) is 6.07. The zero-order valence-electron chi connectivity index (χ0n) is 9.90. The molecule has 2 aliphatic rings. The number of hydrogen-bond acceptors (Lipinski definition) is 5. The second kappa shape index (κ2) is 4.97. The summed E-state index contributed by atoms with van der Waals surface area (Å²) in [4.78, 5) is 17.6. The number of carbonyl (C=O) groups is 1. The highest BCUT2D eigenvalue weighted by atomic mass is 32.1. The van der Waals surface area contributed by atoms with Crippen LogP contribution in [0.4, 0.5) is 5.13 Å². The summed E-state index contributed by atoms with van der Waals surface area (Å²) in [5, 5.41) is 3.42. The number of rotatable bonds is 2. The molecule has 1 amide bonds. The van der Waals surface area contributed by atoms with Crippen LogP contribution in [0.5, 0.6) is 0 Å². The summed E-state index contributed by atoms with van der Waals surface area (Å²) in [6.07, 6.45) is 5.85. The minimum Gasteiger partial charge on any atom is -0.494 e. The second-order valence-electron chi connectivity index (χ2n) is 4.25. The number of aromatic nitrogens is 1. The van der Waals surface area contributed by atoms with E-state index in [1.54, 1.807) is 11.3 Å². The van der Waals surface area contributed by atoms with E-state index >= 15 is 0 Å². The molecule has 3 rings (SSSR count). The van der Waals surface area contributed by atoms with Crippen molar-refractivity contribution >= 4 is 22.4 Å². The van der Waals surface area contributed by atoms with E-state index < -0.39 is 0 Å². The Bertz CT molecular complexity index is 472. The molecule has 5 nitrogen and oxygen atoms in total. The summed E-state index contributed by atoms with van der Waals surface area (Å²) >= 11 is 1.56. The van der Waals surface area contributed by atoms with Gasteiger partial charge < -0.3 is 9.47 Å². The molecule has 0 radical (unpaired) electrons. The number of nitrogens with zero attached hydrogens (tertiary/aromatic N) is 1. The zero-order chi connectivity index (χ0) is 12.4. The van der Waals surface area contributed by atoms with Crippen molar-refractivity contribution in [3.63, 3.8) is 0 Å². The molecule has 0 fully saturated rings. The van der Waals surface area contributed by atoms with E-state index in [9.17, 15) is 4.79 Å². The van der Waals surface area contributed by atoms with Crippen LogP contribution in [-0.2, 0) is 27.1 Å². The van der Waals surface area contributed by atoms with Crippen LogP contribution in [0.3, 0.4) is 0 Å². The van der Waals surface area contributed by atoms with Crippen LogP contribution in [0.25, 0.3) is 0 Å². The quantitative estimate of drug-likeness (QED) is 0.887.